The number of rotatable bonds is 5. The number of anilines is 1. The van der Waals surface area contributed by atoms with Gasteiger partial charge in [0.1, 0.15) is 0 Å². The van der Waals surface area contributed by atoms with E-state index in [0.29, 0.717) is 22.9 Å². The van der Waals surface area contributed by atoms with Crippen LogP contribution in [0.25, 0.3) is 0 Å². The molecule has 2 aromatic rings. The largest absolute Gasteiger partial charge is 0.504 e. The van der Waals surface area contributed by atoms with E-state index in [2.05, 4.69) is 20.7 Å². The average Bonchev–Trinajstić information content (AvgIpc) is 2.76. The lowest BCUT2D eigenvalue weighted by Gasteiger charge is -2.07. The molecule has 0 saturated heterocycles. The summed E-state index contributed by atoms with van der Waals surface area (Å²) in [4.78, 5) is 0. The third-order valence-corrected chi connectivity index (χ3v) is 3.07. The summed E-state index contributed by atoms with van der Waals surface area (Å²) in [5, 5.41) is 20.3. The molecule has 1 heterocycles. The molecule has 0 aliphatic carbocycles. The summed E-state index contributed by atoms with van der Waals surface area (Å²) in [5.41, 5.74) is 3.17. The Morgan fingerprint density at radius 3 is 3.05 bits per heavy atom. The maximum atomic E-state index is 9.67. The zero-order valence-corrected chi connectivity index (χ0v) is 12.6. The first-order valence-corrected chi connectivity index (χ1v) is 6.68. The van der Waals surface area contributed by atoms with Crippen molar-refractivity contribution in [2.24, 2.45) is 5.10 Å². The number of H-pyrrole nitrogens is 1. The van der Waals surface area contributed by atoms with Crippen molar-refractivity contribution in [2.45, 2.75) is 6.92 Å². The molecule has 10 heteroatoms. The second-order valence-corrected chi connectivity index (χ2v) is 4.66. The number of hydrogen-bond acceptors (Lipinski definition) is 7. The number of nitrogens with zero attached hydrogens (tertiary/aromatic N) is 3. The van der Waals surface area contributed by atoms with E-state index in [1.807, 2.05) is 6.92 Å². The van der Waals surface area contributed by atoms with Gasteiger partial charge in [0.05, 0.1) is 17.8 Å². The second-order valence-electron chi connectivity index (χ2n) is 3.87. The van der Waals surface area contributed by atoms with Crippen LogP contribution in [0.4, 0.5) is 5.95 Å². The summed E-state index contributed by atoms with van der Waals surface area (Å²) < 4.78 is 6.67. The second kappa shape index (κ2) is 6.46. The first-order chi connectivity index (χ1) is 10.0. The van der Waals surface area contributed by atoms with E-state index in [-0.39, 0.29) is 16.5 Å². The van der Waals surface area contributed by atoms with Gasteiger partial charge >= 0.3 is 0 Å². The number of nitrogen functional groups attached to an aromatic ring is 1. The van der Waals surface area contributed by atoms with Crippen molar-refractivity contribution in [3.05, 3.63) is 27.5 Å². The molecular formula is C11H13ClN6O2S. The lowest BCUT2D eigenvalue weighted by Crippen LogP contribution is -2.11. The highest BCUT2D eigenvalue weighted by Crippen LogP contribution is 2.31. The minimum atomic E-state index is -0.0326. The van der Waals surface area contributed by atoms with Crippen LogP contribution in [0, 0.1) is 4.77 Å². The number of halogens is 1. The number of nitrogens with one attached hydrogen (secondary N) is 2. The van der Waals surface area contributed by atoms with E-state index < -0.39 is 0 Å². The summed E-state index contributed by atoms with van der Waals surface area (Å²) in [5.74, 6) is 6.14. The van der Waals surface area contributed by atoms with Crippen LogP contribution in [-0.2, 0) is 0 Å². The van der Waals surface area contributed by atoms with E-state index in [0.717, 1.165) is 4.68 Å². The summed E-state index contributed by atoms with van der Waals surface area (Å²) in [6, 6.07) is 2.96. The molecule has 0 unspecified atom stereocenters. The van der Waals surface area contributed by atoms with E-state index in [9.17, 15) is 5.11 Å². The minimum absolute atomic E-state index is 0.0326. The van der Waals surface area contributed by atoms with Gasteiger partial charge in [0.2, 0.25) is 4.77 Å². The van der Waals surface area contributed by atoms with Gasteiger partial charge in [0, 0.05) is 11.6 Å². The van der Waals surface area contributed by atoms with Crippen LogP contribution in [0.5, 0.6) is 11.5 Å². The van der Waals surface area contributed by atoms with Crippen LogP contribution >= 0.6 is 23.8 Å². The van der Waals surface area contributed by atoms with Gasteiger partial charge < -0.3 is 15.7 Å². The zero-order chi connectivity index (χ0) is 15.4. The molecule has 0 amide bonds. The predicted molar refractivity (Wildman–Crippen MR) is 83.1 cm³/mol. The van der Waals surface area contributed by atoms with E-state index >= 15 is 0 Å². The number of hydrogen-bond donors (Lipinski definition) is 4. The molecule has 0 aliphatic heterocycles. The number of aromatic nitrogens is 3. The van der Waals surface area contributed by atoms with Crippen LogP contribution in [0.15, 0.2) is 17.2 Å². The Hall–Kier alpha value is -2.26. The molecule has 5 N–H and O–H groups in total. The molecule has 112 valence electrons. The topological polar surface area (TPSA) is 113 Å². The Morgan fingerprint density at radius 1 is 1.67 bits per heavy atom. The number of phenolic OH excluding ortho intramolecular Hbond substituents is 1. The molecule has 0 fully saturated rings. The van der Waals surface area contributed by atoms with Crippen LogP contribution in [0.1, 0.15) is 12.5 Å². The SMILES string of the molecule is CCOc1cc(/C=N/Nc2n[nH]c(=S)n2N)c(Cl)cc1O. The Morgan fingerprint density at radius 2 is 2.43 bits per heavy atom. The van der Waals surface area contributed by atoms with Gasteiger partial charge in [-0.2, -0.15) is 9.78 Å². The summed E-state index contributed by atoms with van der Waals surface area (Å²) in [6.07, 6.45) is 1.45. The number of benzene rings is 1. The number of hydrazone groups is 1. The van der Waals surface area contributed by atoms with Crippen LogP contribution < -0.4 is 16.0 Å². The van der Waals surface area contributed by atoms with Crippen molar-refractivity contribution in [3.8, 4) is 11.5 Å². The standard InChI is InChI=1S/C11H13ClN6O2S/c1-2-20-9-3-6(7(12)4-8(9)19)5-14-15-10-16-17-11(21)18(10)13/h3-5,19H,2,13H2,1H3,(H,15,16)(H,17,21)/b14-5+. The Balaban J connectivity index is 2.18. The number of nitrogens with two attached hydrogens (primary N) is 1. The third kappa shape index (κ3) is 3.44. The first-order valence-electron chi connectivity index (χ1n) is 5.89. The van der Waals surface area contributed by atoms with E-state index in [4.69, 9.17) is 34.4 Å². The molecule has 0 radical (unpaired) electrons. The van der Waals surface area contributed by atoms with E-state index in [1.165, 1.54) is 12.3 Å². The van der Waals surface area contributed by atoms with Crippen molar-refractivity contribution in [2.75, 3.05) is 17.9 Å². The molecular weight excluding hydrogens is 316 g/mol. The molecule has 21 heavy (non-hydrogen) atoms. The molecule has 0 saturated carbocycles. The average molecular weight is 329 g/mol. The number of ether oxygens (including phenoxy) is 1. The molecule has 0 spiro atoms. The van der Waals surface area contributed by atoms with Gasteiger partial charge in [-0.3, -0.25) is 0 Å². The molecule has 0 bridgehead atoms. The first kappa shape index (κ1) is 15.1. The Bertz CT molecular complexity index is 726. The van der Waals surface area contributed by atoms with Crippen LogP contribution in [-0.4, -0.2) is 32.8 Å². The lowest BCUT2D eigenvalue weighted by molar-refractivity contribution is 0.318. The quantitative estimate of drug-likeness (QED) is 0.288. The Labute approximate surface area is 130 Å². The van der Waals surface area contributed by atoms with Crippen LogP contribution in [0.2, 0.25) is 5.02 Å². The normalized spacial score (nSPS) is 11.0. The van der Waals surface area contributed by atoms with Crippen LogP contribution in [0.3, 0.4) is 0 Å². The molecule has 0 aliphatic rings. The zero-order valence-electron chi connectivity index (χ0n) is 11.0. The molecule has 2 rings (SSSR count). The fourth-order valence-electron chi connectivity index (χ4n) is 1.47. The van der Waals surface area contributed by atoms with Gasteiger partial charge in [0.25, 0.3) is 5.95 Å². The van der Waals surface area contributed by atoms with Crippen molar-refractivity contribution in [1.82, 2.24) is 14.9 Å². The highest BCUT2D eigenvalue weighted by molar-refractivity contribution is 7.71. The van der Waals surface area contributed by atoms with Gasteiger partial charge in [-0.25, -0.2) is 10.5 Å². The molecule has 1 aromatic carbocycles. The van der Waals surface area contributed by atoms with Crippen molar-refractivity contribution in [1.29, 1.82) is 0 Å². The number of phenols is 1. The summed E-state index contributed by atoms with van der Waals surface area (Å²) >= 11 is 10.9. The highest BCUT2D eigenvalue weighted by Gasteiger charge is 2.07. The number of aromatic amines is 1. The third-order valence-electron chi connectivity index (χ3n) is 2.45. The van der Waals surface area contributed by atoms with Crippen molar-refractivity contribution in [3.63, 3.8) is 0 Å². The van der Waals surface area contributed by atoms with E-state index in [1.54, 1.807) is 6.07 Å². The summed E-state index contributed by atoms with van der Waals surface area (Å²) in [6.45, 7) is 2.24. The molecule has 1 aromatic heterocycles. The fraction of sp³-hybridized carbons (Fsp3) is 0.182. The number of aromatic hydroxyl groups is 1. The maximum absolute atomic E-state index is 9.67. The van der Waals surface area contributed by atoms with Crippen molar-refractivity contribution < 1.29 is 9.84 Å². The predicted octanol–water partition coefficient (Wildman–Crippen LogP) is 1.86. The molecule has 0 atom stereocenters. The van der Waals surface area contributed by atoms with Gasteiger partial charge in [-0.15, -0.1) is 5.10 Å². The Kier molecular flexibility index (Phi) is 4.66. The van der Waals surface area contributed by atoms with Crippen molar-refractivity contribution >= 4 is 36.0 Å². The fourth-order valence-corrected chi connectivity index (χ4v) is 1.81. The molecule has 8 nitrogen and oxygen atoms in total. The summed E-state index contributed by atoms with van der Waals surface area (Å²) in [7, 11) is 0. The minimum Gasteiger partial charge on any atom is -0.504 e. The van der Waals surface area contributed by atoms with Gasteiger partial charge in [0.15, 0.2) is 11.5 Å². The lowest BCUT2D eigenvalue weighted by atomic mass is 10.2. The maximum Gasteiger partial charge on any atom is 0.262 e. The highest BCUT2D eigenvalue weighted by atomic mass is 35.5. The smallest absolute Gasteiger partial charge is 0.262 e. The monoisotopic (exact) mass is 328 g/mol. The van der Waals surface area contributed by atoms with Gasteiger partial charge in [-0.05, 0) is 25.2 Å². The van der Waals surface area contributed by atoms with Gasteiger partial charge in [-0.1, -0.05) is 11.6 Å².